The Balaban J connectivity index is 4.14. The first-order valence-corrected chi connectivity index (χ1v) is 3.49. The van der Waals surface area contributed by atoms with Gasteiger partial charge in [-0.3, -0.25) is 5.32 Å². The summed E-state index contributed by atoms with van der Waals surface area (Å²) in [5.74, 6) is 0. The van der Waals surface area contributed by atoms with Crippen molar-refractivity contribution in [3.05, 3.63) is 0 Å². The van der Waals surface area contributed by atoms with E-state index in [9.17, 15) is 0 Å². The number of alkyl halides is 3. The smallest absolute Gasteiger partial charge is 0.220 e. The van der Waals surface area contributed by atoms with Gasteiger partial charge in [0, 0.05) is 0 Å². The Bertz CT molecular complexity index is 96.5. The zero-order valence-electron chi connectivity index (χ0n) is 5.21. The zero-order chi connectivity index (χ0) is 7.71. The highest BCUT2D eigenvalue weighted by molar-refractivity contribution is 6.68. The number of hydrogen-bond acceptors (Lipinski definition) is 2. The Morgan fingerprint density at radius 1 is 1.33 bits per heavy atom. The number of hydrogen-bond donors (Lipinski definition) is 2. The van der Waals surface area contributed by atoms with E-state index >= 15 is 0 Å². The molecule has 1 unspecified atom stereocenters. The molecule has 0 bridgehead atoms. The number of nitrogens with two attached hydrogens (primary N) is 1. The average molecular weight is 191 g/mol. The van der Waals surface area contributed by atoms with E-state index in [1.54, 1.807) is 14.0 Å². The molecule has 5 heteroatoms. The highest BCUT2D eigenvalue weighted by atomic mass is 35.6. The minimum Gasteiger partial charge on any atom is -0.310 e. The van der Waals surface area contributed by atoms with E-state index in [4.69, 9.17) is 40.5 Å². The molecule has 0 saturated carbocycles. The summed E-state index contributed by atoms with van der Waals surface area (Å²) in [5, 5.41) is 2.66. The summed E-state index contributed by atoms with van der Waals surface area (Å²) in [4.78, 5) is 0. The fourth-order valence-corrected chi connectivity index (χ4v) is 0.425. The molecule has 1 atom stereocenters. The second kappa shape index (κ2) is 2.81. The normalized spacial score (nSPS) is 19.3. The number of nitrogens with one attached hydrogen (secondary N) is 1. The third kappa shape index (κ3) is 2.48. The largest absolute Gasteiger partial charge is 0.310 e. The van der Waals surface area contributed by atoms with Crippen molar-refractivity contribution in [2.45, 2.75) is 16.4 Å². The van der Waals surface area contributed by atoms with Crippen LogP contribution in [-0.4, -0.2) is 16.5 Å². The van der Waals surface area contributed by atoms with Gasteiger partial charge in [0.15, 0.2) is 0 Å². The van der Waals surface area contributed by atoms with Crippen molar-refractivity contribution in [3.63, 3.8) is 0 Å². The van der Waals surface area contributed by atoms with Crippen molar-refractivity contribution >= 4 is 34.8 Å². The van der Waals surface area contributed by atoms with Crippen LogP contribution < -0.4 is 11.1 Å². The van der Waals surface area contributed by atoms with Gasteiger partial charge in [-0.25, -0.2) is 0 Å². The summed E-state index contributed by atoms with van der Waals surface area (Å²) >= 11 is 16.4. The minimum absolute atomic E-state index is 0.975. The molecule has 0 amide bonds. The van der Waals surface area contributed by atoms with Gasteiger partial charge >= 0.3 is 0 Å². The van der Waals surface area contributed by atoms with E-state index in [-0.39, 0.29) is 0 Å². The Labute approximate surface area is 69.6 Å². The van der Waals surface area contributed by atoms with E-state index < -0.39 is 9.46 Å². The molecule has 0 aliphatic heterocycles. The Kier molecular flexibility index (Phi) is 3.05. The molecule has 0 radical (unpaired) electrons. The van der Waals surface area contributed by atoms with Crippen LogP contribution in [0.15, 0.2) is 0 Å². The van der Waals surface area contributed by atoms with Crippen molar-refractivity contribution in [3.8, 4) is 0 Å². The molecule has 0 heterocycles. The first kappa shape index (κ1) is 9.79. The highest BCUT2D eigenvalue weighted by Crippen LogP contribution is 2.34. The molecule has 0 aromatic heterocycles. The molecule has 56 valence electrons. The summed E-state index contributed by atoms with van der Waals surface area (Å²) in [7, 11) is 1.63. The third-order valence-corrected chi connectivity index (χ3v) is 2.29. The van der Waals surface area contributed by atoms with E-state index in [1.807, 2.05) is 0 Å². The first-order valence-electron chi connectivity index (χ1n) is 2.36. The molecule has 0 fully saturated rings. The summed E-state index contributed by atoms with van der Waals surface area (Å²) < 4.78 is -1.47. The van der Waals surface area contributed by atoms with Crippen LogP contribution in [0, 0.1) is 0 Å². The predicted octanol–water partition coefficient (Wildman–Crippen LogP) is 1.25. The van der Waals surface area contributed by atoms with Gasteiger partial charge in [0.05, 0.1) is 0 Å². The number of rotatable bonds is 1. The summed E-state index contributed by atoms with van der Waals surface area (Å²) in [6, 6.07) is 0. The SMILES string of the molecule is CNC(C)(N)C(Cl)(Cl)Cl. The average Bonchev–Trinajstić information content (AvgIpc) is 1.64. The van der Waals surface area contributed by atoms with Crippen LogP contribution in [0.1, 0.15) is 6.92 Å². The van der Waals surface area contributed by atoms with Crippen LogP contribution >= 0.6 is 34.8 Å². The lowest BCUT2D eigenvalue weighted by Crippen LogP contribution is -2.58. The van der Waals surface area contributed by atoms with Crippen molar-refractivity contribution in [1.82, 2.24) is 5.32 Å². The zero-order valence-corrected chi connectivity index (χ0v) is 7.48. The lowest BCUT2D eigenvalue weighted by Gasteiger charge is -2.31. The molecular weight excluding hydrogens is 182 g/mol. The van der Waals surface area contributed by atoms with Gasteiger partial charge in [-0.05, 0) is 14.0 Å². The van der Waals surface area contributed by atoms with Gasteiger partial charge in [0.1, 0.15) is 5.66 Å². The molecule has 0 saturated heterocycles. The molecule has 2 nitrogen and oxygen atoms in total. The molecule has 0 aromatic rings. The lowest BCUT2D eigenvalue weighted by atomic mass is 10.3. The summed E-state index contributed by atoms with van der Waals surface area (Å²) in [5.41, 5.74) is 4.51. The Morgan fingerprint density at radius 2 is 1.67 bits per heavy atom. The quantitative estimate of drug-likeness (QED) is 0.484. The molecule has 0 rings (SSSR count). The van der Waals surface area contributed by atoms with Crippen molar-refractivity contribution in [2.75, 3.05) is 7.05 Å². The molecule has 0 aliphatic carbocycles. The van der Waals surface area contributed by atoms with Gasteiger partial charge in [-0.1, -0.05) is 34.8 Å². The fourth-order valence-electron chi connectivity index (χ4n) is 0.142. The Hall–Kier alpha value is 0.790. The maximum Gasteiger partial charge on any atom is 0.220 e. The van der Waals surface area contributed by atoms with Crippen LogP contribution in [0.4, 0.5) is 0 Å². The van der Waals surface area contributed by atoms with Gasteiger partial charge < -0.3 is 5.73 Å². The highest BCUT2D eigenvalue weighted by Gasteiger charge is 2.39. The summed E-state index contributed by atoms with van der Waals surface area (Å²) in [6.45, 7) is 1.60. The van der Waals surface area contributed by atoms with E-state index in [0.717, 1.165) is 0 Å². The van der Waals surface area contributed by atoms with Gasteiger partial charge in [-0.15, -0.1) is 0 Å². The van der Waals surface area contributed by atoms with Crippen molar-refractivity contribution in [2.24, 2.45) is 5.73 Å². The minimum atomic E-state index is -1.47. The van der Waals surface area contributed by atoms with Gasteiger partial charge in [-0.2, -0.15) is 0 Å². The molecule has 0 spiro atoms. The monoisotopic (exact) mass is 190 g/mol. The lowest BCUT2D eigenvalue weighted by molar-refractivity contribution is 0.407. The van der Waals surface area contributed by atoms with Crippen LogP contribution in [0.2, 0.25) is 0 Å². The van der Waals surface area contributed by atoms with Crippen molar-refractivity contribution in [1.29, 1.82) is 0 Å². The van der Waals surface area contributed by atoms with E-state index in [0.29, 0.717) is 0 Å². The van der Waals surface area contributed by atoms with Crippen LogP contribution in [-0.2, 0) is 0 Å². The van der Waals surface area contributed by atoms with Gasteiger partial charge in [0.25, 0.3) is 0 Å². The number of halogens is 3. The fraction of sp³-hybridized carbons (Fsp3) is 1.00. The maximum atomic E-state index is 5.49. The third-order valence-electron chi connectivity index (χ3n) is 1.11. The Morgan fingerprint density at radius 3 is 1.67 bits per heavy atom. The second-order valence-electron chi connectivity index (χ2n) is 1.95. The van der Waals surface area contributed by atoms with Crippen LogP contribution in [0.3, 0.4) is 0 Å². The second-order valence-corrected chi connectivity index (χ2v) is 4.23. The van der Waals surface area contributed by atoms with Crippen LogP contribution in [0.25, 0.3) is 0 Å². The summed E-state index contributed by atoms with van der Waals surface area (Å²) in [6.07, 6.45) is 0. The molecule has 9 heavy (non-hydrogen) atoms. The molecular formula is C4H9Cl3N2. The predicted molar refractivity (Wildman–Crippen MR) is 41.9 cm³/mol. The molecule has 3 N–H and O–H groups in total. The first-order chi connectivity index (χ1) is 3.81. The standard InChI is InChI=1S/C4H9Cl3N2/c1-3(8,9-2)4(5,6)7/h9H,8H2,1-2H3. The van der Waals surface area contributed by atoms with Crippen molar-refractivity contribution < 1.29 is 0 Å². The molecule has 0 aromatic carbocycles. The topological polar surface area (TPSA) is 38.0 Å². The molecule has 0 aliphatic rings. The maximum absolute atomic E-state index is 5.49. The van der Waals surface area contributed by atoms with E-state index in [1.165, 1.54) is 0 Å². The van der Waals surface area contributed by atoms with Crippen LogP contribution in [0.5, 0.6) is 0 Å². The van der Waals surface area contributed by atoms with Gasteiger partial charge in [0.2, 0.25) is 3.79 Å². The van der Waals surface area contributed by atoms with E-state index in [2.05, 4.69) is 5.32 Å².